The SMILES string of the molecule is CCCc1nc2ccccc2c(C(=O)OCC(=O)NC(=O)c2ccco2)c1CC. The van der Waals surface area contributed by atoms with Crippen molar-refractivity contribution in [1.29, 1.82) is 0 Å². The van der Waals surface area contributed by atoms with Crippen LogP contribution >= 0.6 is 0 Å². The van der Waals surface area contributed by atoms with E-state index in [-0.39, 0.29) is 5.76 Å². The van der Waals surface area contributed by atoms with Crippen LogP contribution in [0.25, 0.3) is 10.9 Å². The summed E-state index contributed by atoms with van der Waals surface area (Å²) in [7, 11) is 0. The number of hydrogen-bond donors (Lipinski definition) is 1. The van der Waals surface area contributed by atoms with Crippen LogP contribution in [0.3, 0.4) is 0 Å². The van der Waals surface area contributed by atoms with E-state index in [1.165, 1.54) is 18.4 Å². The number of pyridine rings is 1. The molecule has 1 aromatic carbocycles. The van der Waals surface area contributed by atoms with E-state index < -0.39 is 24.4 Å². The summed E-state index contributed by atoms with van der Waals surface area (Å²) < 4.78 is 10.2. The van der Waals surface area contributed by atoms with Crippen LogP contribution in [-0.2, 0) is 22.4 Å². The number of nitrogens with zero attached hydrogens (tertiary/aromatic N) is 1. The zero-order valence-electron chi connectivity index (χ0n) is 16.4. The Morgan fingerprint density at radius 3 is 2.59 bits per heavy atom. The smallest absolute Gasteiger partial charge is 0.339 e. The van der Waals surface area contributed by atoms with E-state index in [4.69, 9.17) is 14.1 Å². The molecule has 150 valence electrons. The monoisotopic (exact) mass is 394 g/mol. The number of para-hydroxylation sites is 1. The zero-order chi connectivity index (χ0) is 20.8. The molecule has 2 aromatic heterocycles. The number of aryl methyl sites for hydroxylation is 1. The Hall–Kier alpha value is -3.48. The van der Waals surface area contributed by atoms with Crippen molar-refractivity contribution < 1.29 is 23.5 Å². The first kappa shape index (κ1) is 20.3. The number of carbonyl (C=O) groups excluding carboxylic acids is 3. The van der Waals surface area contributed by atoms with Gasteiger partial charge in [-0.15, -0.1) is 0 Å². The molecular formula is C22H22N2O5. The van der Waals surface area contributed by atoms with Crippen molar-refractivity contribution in [3.05, 3.63) is 65.2 Å². The summed E-state index contributed by atoms with van der Waals surface area (Å²) in [6, 6.07) is 10.3. The van der Waals surface area contributed by atoms with Crippen molar-refractivity contribution in [3.8, 4) is 0 Å². The van der Waals surface area contributed by atoms with Gasteiger partial charge in [-0.3, -0.25) is 19.9 Å². The van der Waals surface area contributed by atoms with Crippen LogP contribution < -0.4 is 5.32 Å². The fraction of sp³-hybridized carbons (Fsp3) is 0.273. The molecule has 0 radical (unpaired) electrons. The van der Waals surface area contributed by atoms with Crippen LogP contribution in [0, 0.1) is 0 Å². The molecule has 0 unspecified atom stereocenters. The quantitative estimate of drug-likeness (QED) is 0.616. The molecule has 3 rings (SSSR count). The maximum atomic E-state index is 12.9. The topological polar surface area (TPSA) is 98.5 Å². The van der Waals surface area contributed by atoms with Gasteiger partial charge in [0.2, 0.25) is 0 Å². The van der Waals surface area contributed by atoms with Crippen molar-refractivity contribution in [1.82, 2.24) is 10.3 Å². The minimum absolute atomic E-state index is 0.00211. The van der Waals surface area contributed by atoms with Crippen molar-refractivity contribution >= 4 is 28.7 Å². The molecule has 2 heterocycles. The number of rotatable bonds is 7. The molecule has 7 nitrogen and oxygen atoms in total. The summed E-state index contributed by atoms with van der Waals surface area (Å²) in [5.74, 6) is -2.03. The predicted octanol–water partition coefficient (Wildman–Crippen LogP) is 3.46. The number of benzene rings is 1. The maximum absolute atomic E-state index is 12.9. The van der Waals surface area contributed by atoms with Crippen molar-refractivity contribution in [3.63, 3.8) is 0 Å². The maximum Gasteiger partial charge on any atom is 0.339 e. The minimum Gasteiger partial charge on any atom is -0.459 e. The van der Waals surface area contributed by atoms with E-state index in [2.05, 4.69) is 12.2 Å². The fourth-order valence-electron chi connectivity index (χ4n) is 3.20. The molecule has 0 bridgehead atoms. The van der Waals surface area contributed by atoms with Crippen LogP contribution in [-0.4, -0.2) is 29.4 Å². The summed E-state index contributed by atoms with van der Waals surface area (Å²) in [4.78, 5) is 41.4. The van der Waals surface area contributed by atoms with Gasteiger partial charge in [-0.2, -0.15) is 0 Å². The third kappa shape index (κ3) is 4.51. The highest BCUT2D eigenvalue weighted by atomic mass is 16.5. The number of furan rings is 1. The molecule has 0 fully saturated rings. The summed E-state index contributed by atoms with van der Waals surface area (Å²) in [6.07, 6.45) is 3.57. The fourth-order valence-corrected chi connectivity index (χ4v) is 3.20. The summed E-state index contributed by atoms with van der Waals surface area (Å²) in [5, 5.41) is 2.81. The third-order valence-corrected chi connectivity index (χ3v) is 4.46. The normalized spacial score (nSPS) is 10.7. The van der Waals surface area contributed by atoms with E-state index in [0.717, 1.165) is 24.1 Å². The van der Waals surface area contributed by atoms with E-state index in [1.807, 2.05) is 31.2 Å². The average molecular weight is 394 g/mol. The lowest BCUT2D eigenvalue weighted by molar-refractivity contribution is -0.123. The highest BCUT2D eigenvalue weighted by Crippen LogP contribution is 2.26. The highest BCUT2D eigenvalue weighted by Gasteiger charge is 2.22. The Balaban J connectivity index is 1.81. The van der Waals surface area contributed by atoms with E-state index in [9.17, 15) is 14.4 Å². The van der Waals surface area contributed by atoms with Crippen LogP contribution in [0.4, 0.5) is 0 Å². The molecule has 0 saturated carbocycles. The number of aromatic nitrogens is 1. The third-order valence-electron chi connectivity index (χ3n) is 4.46. The standard InChI is InChI=1S/C22H22N2O5/c1-3-8-16-14(4-2)20(15-9-5-6-10-17(15)23-16)22(27)29-13-19(25)24-21(26)18-11-7-12-28-18/h5-7,9-12H,3-4,8,13H2,1-2H3,(H,24,25,26). The van der Waals surface area contributed by atoms with Crippen molar-refractivity contribution in [2.75, 3.05) is 6.61 Å². The minimum atomic E-state index is -0.732. The summed E-state index contributed by atoms with van der Waals surface area (Å²) in [5.41, 5.74) is 2.81. The second-order valence-electron chi connectivity index (χ2n) is 6.46. The number of esters is 1. The highest BCUT2D eigenvalue weighted by molar-refractivity contribution is 6.07. The van der Waals surface area contributed by atoms with Gasteiger partial charge in [-0.25, -0.2) is 4.79 Å². The summed E-state index contributed by atoms with van der Waals surface area (Å²) >= 11 is 0. The van der Waals surface area contributed by atoms with Gasteiger partial charge in [-0.1, -0.05) is 38.5 Å². The molecule has 0 aliphatic rings. The van der Waals surface area contributed by atoms with Gasteiger partial charge >= 0.3 is 5.97 Å². The Labute approximate surface area is 168 Å². The van der Waals surface area contributed by atoms with Crippen molar-refractivity contribution in [2.45, 2.75) is 33.1 Å². The van der Waals surface area contributed by atoms with Crippen LogP contribution in [0.5, 0.6) is 0 Å². The van der Waals surface area contributed by atoms with Crippen LogP contribution in [0.1, 0.15) is 52.4 Å². The number of amides is 2. The summed E-state index contributed by atoms with van der Waals surface area (Å²) in [6.45, 7) is 3.43. The Morgan fingerprint density at radius 1 is 1.10 bits per heavy atom. The molecule has 0 atom stereocenters. The number of fused-ring (bicyclic) bond motifs is 1. The molecule has 3 aromatic rings. The molecule has 7 heteroatoms. The van der Waals surface area contributed by atoms with Crippen LogP contribution in [0.15, 0.2) is 47.1 Å². The first-order valence-corrected chi connectivity index (χ1v) is 9.50. The molecule has 29 heavy (non-hydrogen) atoms. The number of carbonyl (C=O) groups is 3. The second-order valence-corrected chi connectivity index (χ2v) is 6.46. The van der Waals surface area contributed by atoms with E-state index in [0.29, 0.717) is 22.9 Å². The zero-order valence-corrected chi connectivity index (χ0v) is 16.4. The van der Waals surface area contributed by atoms with Gasteiger partial charge in [-0.05, 0) is 36.6 Å². The first-order chi connectivity index (χ1) is 14.0. The van der Waals surface area contributed by atoms with Crippen LogP contribution in [0.2, 0.25) is 0 Å². The second kappa shape index (κ2) is 9.14. The Kier molecular flexibility index (Phi) is 6.39. The van der Waals surface area contributed by atoms with Gasteiger partial charge in [0, 0.05) is 11.1 Å². The number of hydrogen-bond acceptors (Lipinski definition) is 6. The lowest BCUT2D eigenvalue weighted by atomic mass is 9.96. The van der Waals surface area contributed by atoms with Gasteiger partial charge < -0.3 is 9.15 Å². The van der Waals surface area contributed by atoms with E-state index in [1.54, 1.807) is 0 Å². The predicted molar refractivity (Wildman–Crippen MR) is 107 cm³/mol. The molecule has 0 aliphatic carbocycles. The van der Waals surface area contributed by atoms with Gasteiger partial charge in [0.15, 0.2) is 12.4 Å². The molecule has 0 aliphatic heterocycles. The van der Waals surface area contributed by atoms with E-state index >= 15 is 0 Å². The van der Waals surface area contributed by atoms with Gasteiger partial charge in [0.05, 0.1) is 17.3 Å². The molecule has 0 saturated heterocycles. The molecule has 0 spiro atoms. The number of nitrogens with one attached hydrogen (secondary N) is 1. The van der Waals surface area contributed by atoms with Gasteiger partial charge in [0.1, 0.15) is 0 Å². The lowest BCUT2D eigenvalue weighted by Gasteiger charge is -2.15. The average Bonchev–Trinajstić information content (AvgIpc) is 3.26. The van der Waals surface area contributed by atoms with Crippen molar-refractivity contribution in [2.24, 2.45) is 0 Å². The Morgan fingerprint density at radius 2 is 1.90 bits per heavy atom. The molecule has 2 amide bonds. The Bertz CT molecular complexity index is 1040. The van der Waals surface area contributed by atoms with Gasteiger partial charge in [0.25, 0.3) is 11.8 Å². The largest absolute Gasteiger partial charge is 0.459 e. The molecular weight excluding hydrogens is 372 g/mol. The first-order valence-electron chi connectivity index (χ1n) is 9.50. The number of imide groups is 1. The lowest BCUT2D eigenvalue weighted by Crippen LogP contribution is -2.34. The molecule has 1 N–H and O–H groups in total. The number of ether oxygens (including phenoxy) is 1.